The molecule has 3 atom stereocenters. The first-order valence-electron chi connectivity index (χ1n) is 9.48. The Morgan fingerprint density at radius 2 is 2.20 bits per heavy atom. The molecule has 25 heavy (non-hydrogen) atoms. The highest BCUT2D eigenvalue weighted by Crippen LogP contribution is 2.35. The van der Waals surface area contributed by atoms with E-state index in [4.69, 9.17) is 4.98 Å². The monoisotopic (exact) mass is 405 g/mol. The van der Waals surface area contributed by atoms with Crippen molar-refractivity contribution >= 4 is 26.8 Å². The van der Waals surface area contributed by atoms with Gasteiger partial charge in [-0.05, 0) is 63.8 Å². The Balaban J connectivity index is 2.13. The van der Waals surface area contributed by atoms with E-state index >= 15 is 0 Å². The standard InChI is InChI=1S/C20H28BrN3O/c1-4-6-16(14-9-10-22-13(3)11-14)19-23-18-8-7-15(21)12-17(18)20(25)24(19)5-2/h7-8,12-14,16,22H,4-6,9-11H2,1-3H3/t13-,14?,16?/m0/s1. The first-order chi connectivity index (χ1) is 12.0. The summed E-state index contributed by atoms with van der Waals surface area (Å²) >= 11 is 3.47. The molecule has 1 aromatic carbocycles. The average Bonchev–Trinajstić information content (AvgIpc) is 2.60. The SMILES string of the molecule is CCCC(c1nc2ccc(Br)cc2c(=O)n1CC)C1CCN[C@@H](C)C1. The van der Waals surface area contributed by atoms with Crippen molar-refractivity contribution < 1.29 is 0 Å². The van der Waals surface area contributed by atoms with Crippen LogP contribution in [0.15, 0.2) is 27.5 Å². The van der Waals surface area contributed by atoms with E-state index in [2.05, 4.69) is 35.1 Å². The molecule has 1 aliphatic heterocycles. The van der Waals surface area contributed by atoms with Gasteiger partial charge in [-0.15, -0.1) is 0 Å². The zero-order valence-corrected chi connectivity index (χ0v) is 17.0. The zero-order chi connectivity index (χ0) is 18.0. The number of benzene rings is 1. The van der Waals surface area contributed by atoms with Crippen LogP contribution in [0, 0.1) is 5.92 Å². The van der Waals surface area contributed by atoms with E-state index in [9.17, 15) is 4.79 Å². The number of piperidine rings is 1. The molecule has 0 spiro atoms. The number of fused-ring (bicyclic) bond motifs is 1. The number of halogens is 1. The Morgan fingerprint density at radius 1 is 1.40 bits per heavy atom. The summed E-state index contributed by atoms with van der Waals surface area (Å²) in [5.41, 5.74) is 0.905. The molecule has 3 rings (SSSR count). The molecular weight excluding hydrogens is 378 g/mol. The van der Waals surface area contributed by atoms with Crippen LogP contribution >= 0.6 is 15.9 Å². The molecule has 1 aliphatic rings. The van der Waals surface area contributed by atoms with Gasteiger partial charge >= 0.3 is 0 Å². The molecule has 4 nitrogen and oxygen atoms in total. The van der Waals surface area contributed by atoms with Crippen molar-refractivity contribution in [1.82, 2.24) is 14.9 Å². The normalized spacial score (nSPS) is 22.2. The molecular formula is C20H28BrN3O. The van der Waals surface area contributed by atoms with Crippen LogP contribution in [0.3, 0.4) is 0 Å². The molecule has 0 bridgehead atoms. The Hall–Kier alpha value is -1.20. The second kappa shape index (κ2) is 8.00. The lowest BCUT2D eigenvalue weighted by Crippen LogP contribution is -2.39. The quantitative estimate of drug-likeness (QED) is 0.798. The summed E-state index contributed by atoms with van der Waals surface area (Å²) in [5.74, 6) is 1.94. The molecule has 1 fully saturated rings. The van der Waals surface area contributed by atoms with E-state index in [1.807, 2.05) is 29.7 Å². The van der Waals surface area contributed by atoms with Gasteiger partial charge in [-0.1, -0.05) is 29.3 Å². The van der Waals surface area contributed by atoms with Gasteiger partial charge in [0.2, 0.25) is 0 Å². The summed E-state index contributed by atoms with van der Waals surface area (Å²) < 4.78 is 2.83. The molecule has 2 aromatic rings. The van der Waals surface area contributed by atoms with E-state index in [1.165, 1.54) is 0 Å². The number of hydrogen-bond donors (Lipinski definition) is 1. The van der Waals surface area contributed by atoms with Crippen LogP contribution in [0.25, 0.3) is 10.9 Å². The molecule has 1 saturated heterocycles. The van der Waals surface area contributed by atoms with E-state index in [-0.39, 0.29) is 5.56 Å². The summed E-state index contributed by atoms with van der Waals surface area (Å²) in [7, 11) is 0. The third-order valence-electron chi connectivity index (χ3n) is 5.43. The molecule has 0 saturated carbocycles. The summed E-state index contributed by atoms with van der Waals surface area (Å²) in [6, 6.07) is 6.35. The van der Waals surface area contributed by atoms with Gasteiger partial charge in [0.15, 0.2) is 0 Å². The van der Waals surface area contributed by atoms with E-state index in [0.717, 1.165) is 48.0 Å². The molecule has 0 radical (unpaired) electrons. The van der Waals surface area contributed by atoms with Crippen LogP contribution in [-0.4, -0.2) is 22.1 Å². The Bertz CT molecular complexity index is 801. The number of nitrogens with zero attached hydrogens (tertiary/aromatic N) is 2. The third kappa shape index (κ3) is 3.82. The summed E-state index contributed by atoms with van der Waals surface area (Å²) in [5, 5.41) is 4.24. The van der Waals surface area contributed by atoms with Crippen LogP contribution in [0.1, 0.15) is 58.2 Å². The number of nitrogens with one attached hydrogen (secondary N) is 1. The molecule has 2 unspecified atom stereocenters. The fraction of sp³-hybridized carbons (Fsp3) is 0.600. The third-order valence-corrected chi connectivity index (χ3v) is 5.92. The number of aromatic nitrogens is 2. The fourth-order valence-electron chi connectivity index (χ4n) is 4.22. The average molecular weight is 406 g/mol. The largest absolute Gasteiger partial charge is 0.314 e. The van der Waals surface area contributed by atoms with Gasteiger partial charge in [0.25, 0.3) is 5.56 Å². The predicted molar refractivity (Wildman–Crippen MR) is 107 cm³/mol. The maximum absolute atomic E-state index is 13.1. The van der Waals surface area contributed by atoms with E-state index < -0.39 is 0 Å². The lowest BCUT2D eigenvalue weighted by molar-refractivity contribution is 0.253. The smallest absolute Gasteiger partial charge is 0.261 e. The van der Waals surface area contributed by atoms with Crippen LogP contribution in [-0.2, 0) is 6.54 Å². The number of hydrogen-bond acceptors (Lipinski definition) is 3. The lowest BCUT2D eigenvalue weighted by Gasteiger charge is -2.34. The van der Waals surface area contributed by atoms with Crippen molar-refractivity contribution in [2.45, 2.75) is 65.0 Å². The lowest BCUT2D eigenvalue weighted by atomic mass is 9.79. The minimum atomic E-state index is 0.0897. The van der Waals surface area contributed by atoms with Crippen molar-refractivity contribution in [3.63, 3.8) is 0 Å². The highest BCUT2D eigenvalue weighted by atomic mass is 79.9. The Kier molecular flexibility index (Phi) is 5.95. The second-order valence-electron chi connectivity index (χ2n) is 7.22. The molecule has 0 amide bonds. The highest BCUT2D eigenvalue weighted by Gasteiger charge is 2.30. The molecule has 2 heterocycles. The topological polar surface area (TPSA) is 46.9 Å². The first kappa shape index (κ1) is 18.6. The van der Waals surface area contributed by atoms with Crippen LogP contribution in [0.2, 0.25) is 0 Å². The van der Waals surface area contributed by atoms with E-state index in [0.29, 0.717) is 29.8 Å². The predicted octanol–water partition coefficient (Wildman–Crippen LogP) is 4.45. The molecule has 1 N–H and O–H groups in total. The summed E-state index contributed by atoms with van der Waals surface area (Å²) in [6.45, 7) is 8.26. The van der Waals surface area contributed by atoms with Gasteiger partial charge in [0, 0.05) is 23.0 Å². The summed E-state index contributed by atoms with van der Waals surface area (Å²) in [4.78, 5) is 18.1. The van der Waals surface area contributed by atoms with Crippen molar-refractivity contribution in [1.29, 1.82) is 0 Å². The van der Waals surface area contributed by atoms with Crippen molar-refractivity contribution in [3.05, 3.63) is 38.9 Å². The van der Waals surface area contributed by atoms with Crippen LogP contribution in [0.5, 0.6) is 0 Å². The Labute approximate surface area is 158 Å². The Morgan fingerprint density at radius 3 is 2.88 bits per heavy atom. The minimum Gasteiger partial charge on any atom is -0.314 e. The fourth-order valence-corrected chi connectivity index (χ4v) is 4.58. The van der Waals surface area contributed by atoms with Crippen LogP contribution in [0.4, 0.5) is 0 Å². The van der Waals surface area contributed by atoms with Crippen molar-refractivity contribution in [3.8, 4) is 0 Å². The maximum Gasteiger partial charge on any atom is 0.261 e. The van der Waals surface area contributed by atoms with Gasteiger partial charge in [-0.3, -0.25) is 9.36 Å². The van der Waals surface area contributed by atoms with Gasteiger partial charge < -0.3 is 5.32 Å². The van der Waals surface area contributed by atoms with E-state index in [1.54, 1.807) is 0 Å². The molecule has 1 aromatic heterocycles. The molecule has 136 valence electrons. The van der Waals surface area contributed by atoms with Gasteiger partial charge in [0.1, 0.15) is 5.82 Å². The molecule has 0 aliphatic carbocycles. The van der Waals surface area contributed by atoms with Gasteiger partial charge in [-0.25, -0.2) is 4.98 Å². The van der Waals surface area contributed by atoms with Crippen LogP contribution < -0.4 is 10.9 Å². The van der Waals surface area contributed by atoms with Crippen molar-refractivity contribution in [2.24, 2.45) is 5.92 Å². The van der Waals surface area contributed by atoms with Gasteiger partial charge in [0.05, 0.1) is 10.9 Å². The van der Waals surface area contributed by atoms with Gasteiger partial charge in [-0.2, -0.15) is 0 Å². The minimum absolute atomic E-state index is 0.0897. The number of rotatable bonds is 5. The zero-order valence-electron chi connectivity index (χ0n) is 15.4. The summed E-state index contributed by atoms with van der Waals surface area (Å²) in [6.07, 6.45) is 4.52. The highest BCUT2D eigenvalue weighted by molar-refractivity contribution is 9.10. The maximum atomic E-state index is 13.1. The molecule has 5 heteroatoms. The van der Waals surface area contributed by atoms with Crippen molar-refractivity contribution in [2.75, 3.05) is 6.54 Å². The second-order valence-corrected chi connectivity index (χ2v) is 8.13. The first-order valence-corrected chi connectivity index (χ1v) is 10.3.